The standard InChI is InChI=1S/C13H12N6/c1-2-11(16-8-12-7-14-4-5-15-12)6-13(3-1)19-9-17-18-10-19/h1-7,9-10,16H,8H2. The van der Waals surface area contributed by atoms with Crippen molar-refractivity contribution < 1.29 is 0 Å². The number of nitrogens with zero attached hydrogens (tertiary/aromatic N) is 5. The first-order valence-corrected chi connectivity index (χ1v) is 5.86. The molecule has 6 heteroatoms. The summed E-state index contributed by atoms with van der Waals surface area (Å²) in [6, 6.07) is 8.01. The summed E-state index contributed by atoms with van der Waals surface area (Å²) in [6.07, 6.45) is 8.43. The Labute approximate surface area is 110 Å². The van der Waals surface area contributed by atoms with Crippen molar-refractivity contribution in [1.82, 2.24) is 24.7 Å². The van der Waals surface area contributed by atoms with Crippen LogP contribution >= 0.6 is 0 Å². The van der Waals surface area contributed by atoms with Crippen molar-refractivity contribution in [3.63, 3.8) is 0 Å². The number of aromatic nitrogens is 5. The van der Waals surface area contributed by atoms with Crippen molar-refractivity contribution in [3.05, 3.63) is 61.2 Å². The normalized spacial score (nSPS) is 10.3. The molecule has 94 valence electrons. The van der Waals surface area contributed by atoms with Crippen LogP contribution in [0.4, 0.5) is 5.69 Å². The summed E-state index contributed by atoms with van der Waals surface area (Å²) >= 11 is 0. The molecule has 2 aromatic heterocycles. The molecule has 0 fully saturated rings. The minimum atomic E-state index is 0.638. The molecule has 1 N–H and O–H groups in total. The van der Waals surface area contributed by atoms with Crippen molar-refractivity contribution in [1.29, 1.82) is 0 Å². The zero-order valence-corrected chi connectivity index (χ0v) is 10.1. The lowest BCUT2D eigenvalue weighted by Crippen LogP contribution is -2.02. The van der Waals surface area contributed by atoms with Crippen LogP contribution in [0.1, 0.15) is 5.69 Å². The fourth-order valence-electron chi connectivity index (χ4n) is 1.72. The molecule has 1 aromatic carbocycles. The lowest BCUT2D eigenvalue weighted by molar-refractivity contribution is 1.00. The fraction of sp³-hybridized carbons (Fsp3) is 0.0769. The molecule has 0 unspecified atom stereocenters. The summed E-state index contributed by atoms with van der Waals surface area (Å²) in [6.45, 7) is 0.638. The maximum atomic E-state index is 4.22. The van der Waals surface area contributed by atoms with E-state index in [0.29, 0.717) is 6.54 Å². The first kappa shape index (κ1) is 11.3. The number of rotatable bonds is 4. The molecule has 0 atom stereocenters. The van der Waals surface area contributed by atoms with Gasteiger partial charge in [-0.05, 0) is 18.2 Å². The predicted octanol–water partition coefficient (Wildman–Crippen LogP) is 1.67. The highest BCUT2D eigenvalue weighted by Gasteiger charge is 1.99. The van der Waals surface area contributed by atoms with Gasteiger partial charge in [-0.25, -0.2) is 0 Å². The second-order valence-corrected chi connectivity index (χ2v) is 3.97. The highest BCUT2D eigenvalue weighted by atomic mass is 15.2. The Morgan fingerprint density at radius 2 is 2.00 bits per heavy atom. The molecule has 0 amide bonds. The molecular weight excluding hydrogens is 240 g/mol. The first-order chi connectivity index (χ1) is 9.42. The third kappa shape index (κ3) is 2.74. The summed E-state index contributed by atoms with van der Waals surface area (Å²) in [5, 5.41) is 10.9. The lowest BCUT2D eigenvalue weighted by atomic mass is 10.2. The van der Waals surface area contributed by atoms with Crippen LogP contribution in [-0.4, -0.2) is 24.7 Å². The van der Waals surface area contributed by atoms with Gasteiger partial charge in [0, 0.05) is 18.1 Å². The minimum absolute atomic E-state index is 0.638. The van der Waals surface area contributed by atoms with Crippen LogP contribution in [0.2, 0.25) is 0 Å². The van der Waals surface area contributed by atoms with Crippen LogP contribution in [0.5, 0.6) is 0 Å². The topological polar surface area (TPSA) is 68.5 Å². The molecule has 0 saturated heterocycles. The molecule has 3 aromatic rings. The maximum Gasteiger partial charge on any atom is 0.123 e. The van der Waals surface area contributed by atoms with Crippen LogP contribution in [-0.2, 0) is 6.54 Å². The third-order valence-corrected chi connectivity index (χ3v) is 2.65. The molecule has 3 rings (SSSR count). The molecule has 19 heavy (non-hydrogen) atoms. The molecular formula is C13H12N6. The molecule has 0 aliphatic carbocycles. The smallest absolute Gasteiger partial charge is 0.123 e. The van der Waals surface area contributed by atoms with E-state index in [4.69, 9.17) is 0 Å². The van der Waals surface area contributed by atoms with Crippen molar-refractivity contribution in [2.45, 2.75) is 6.54 Å². The average molecular weight is 252 g/mol. The number of hydrogen-bond acceptors (Lipinski definition) is 5. The SMILES string of the molecule is c1cc(NCc2cnccn2)cc(-n2cnnc2)c1. The van der Waals surface area contributed by atoms with E-state index in [2.05, 4.69) is 25.5 Å². The molecule has 0 aliphatic rings. The van der Waals surface area contributed by atoms with Gasteiger partial charge in [-0.2, -0.15) is 0 Å². The van der Waals surface area contributed by atoms with Gasteiger partial charge >= 0.3 is 0 Å². The predicted molar refractivity (Wildman–Crippen MR) is 70.7 cm³/mol. The van der Waals surface area contributed by atoms with Gasteiger partial charge in [0.25, 0.3) is 0 Å². The highest BCUT2D eigenvalue weighted by Crippen LogP contribution is 2.14. The van der Waals surface area contributed by atoms with Gasteiger partial charge in [0.1, 0.15) is 12.7 Å². The van der Waals surface area contributed by atoms with Gasteiger partial charge in [-0.15, -0.1) is 10.2 Å². The Balaban J connectivity index is 1.74. The zero-order chi connectivity index (χ0) is 12.9. The Hall–Kier alpha value is -2.76. The van der Waals surface area contributed by atoms with Gasteiger partial charge < -0.3 is 5.32 Å². The van der Waals surface area contributed by atoms with E-state index in [-0.39, 0.29) is 0 Å². The van der Waals surface area contributed by atoms with Crippen LogP contribution in [0.3, 0.4) is 0 Å². The van der Waals surface area contributed by atoms with E-state index in [9.17, 15) is 0 Å². The Morgan fingerprint density at radius 3 is 2.79 bits per heavy atom. The third-order valence-electron chi connectivity index (χ3n) is 2.65. The molecule has 0 aliphatic heterocycles. The molecule has 0 saturated carbocycles. The molecule has 0 bridgehead atoms. The average Bonchev–Trinajstić information content (AvgIpc) is 3.01. The number of nitrogens with one attached hydrogen (secondary N) is 1. The Kier molecular flexibility index (Phi) is 3.14. The van der Waals surface area contributed by atoms with E-state index in [1.54, 1.807) is 31.2 Å². The maximum absolute atomic E-state index is 4.22. The van der Waals surface area contributed by atoms with E-state index >= 15 is 0 Å². The number of anilines is 1. The lowest BCUT2D eigenvalue weighted by Gasteiger charge is -2.08. The summed E-state index contributed by atoms with van der Waals surface area (Å²) in [4.78, 5) is 8.25. The first-order valence-electron chi connectivity index (χ1n) is 5.86. The molecule has 2 heterocycles. The fourth-order valence-corrected chi connectivity index (χ4v) is 1.72. The van der Waals surface area contributed by atoms with Gasteiger partial charge in [0.15, 0.2) is 0 Å². The van der Waals surface area contributed by atoms with E-state index < -0.39 is 0 Å². The van der Waals surface area contributed by atoms with Crippen molar-refractivity contribution >= 4 is 5.69 Å². The Morgan fingerprint density at radius 1 is 1.11 bits per heavy atom. The molecule has 0 radical (unpaired) electrons. The van der Waals surface area contributed by atoms with Crippen LogP contribution < -0.4 is 5.32 Å². The summed E-state index contributed by atoms with van der Waals surface area (Å²) < 4.78 is 1.85. The van der Waals surface area contributed by atoms with E-state index in [1.807, 2.05) is 28.8 Å². The quantitative estimate of drug-likeness (QED) is 0.765. The second-order valence-electron chi connectivity index (χ2n) is 3.97. The summed E-state index contributed by atoms with van der Waals surface area (Å²) in [5.74, 6) is 0. The monoisotopic (exact) mass is 252 g/mol. The summed E-state index contributed by atoms with van der Waals surface area (Å²) in [5.41, 5.74) is 2.92. The van der Waals surface area contributed by atoms with Gasteiger partial charge in [-0.1, -0.05) is 6.07 Å². The van der Waals surface area contributed by atoms with Gasteiger partial charge in [-0.3, -0.25) is 14.5 Å². The van der Waals surface area contributed by atoms with Crippen LogP contribution in [0.25, 0.3) is 5.69 Å². The van der Waals surface area contributed by atoms with Crippen LogP contribution in [0.15, 0.2) is 55.5 Å². The minimum Gasteiger partial charge on any atom is -0.379 e. The molecule has 6 nitrogen and oxygen atoms in total. The summed E-state index contributed by atoms with van der Waals surface area (Å²) in [7, 11) is 0. The molecule has 0 spiro atoms. The highest BCUT2D eigenvalue weighted by molar-refractivity contribution is 5.51. The number of benzene rings is 1. The van der Waals surface area contributed by atoms with E-state index in [0.717, 1.165) is 17.1 Å². The van der Waals surface area contributed by atoms with Crippen molar-refractivity contribution in [2.75, 3.05) is 5.32 Å². The number of hydrogen-bond donors (Lipinski definition) is 1. The zero-order valence-electron chi connectivity index (χ0n) is 10.1. The van der Waals surface area contributed by atoms with Gasteiger partial charge in [0.2, 0.25) is 0 Å². The largest absolute Gasteiger partial charge is 0.379 e. The second kappa shape index (κ2) is 5.26. The van der Waals surface area contributed by atoms with Crippen molar-refractivity contribution in [3.8, 4) is 5.69 Å². The van der Waals surface area contributed by atoms with Gasteiger partial charge in [0.05, 0.1) is 24.1 Å². The van der Waals surface area contributed by atoms with Crippen molar-refractivity contribution in [2.24, 2.45) is 0 Å². The Bertz CT molecular complexity index is 635. The van der Waals surface area contributed by atoms with Crippen LogP contribution in [0, 0.1) is 0 Å². The van der Waals surface area contributed by atoms with E-state index in [1.165, 1.54) is 0 Å².